The molecule has 1 aromatic rings. The van der Waals surface area contributed by atoms with Gasteiger partial charge in [-0.15, -0.1) is 0 Å². The highest BCUT2D eigenvalue weighted by Gasteiger charge is 2.16. The lowest BCUT2D eigenvalue weighted by Gasteiger charge is -2.11. The molecule has 5 heteroatoms. The van der Waals surface area contributed by atoms with Crippen molar-refractivity contribution < 1.29 is 13.5 Å². The first kappa shape index (κ1) is 12.0. The zero-order chi connectivity index (χ0) is 12.6. The summed E-state index contributed by atoms with van der Waals surface area (Å²) < 4.78 is 23.0. The Balaban J connectivity index is 2.58. The monoisotopic (exact) mass is 253 g/mol. The first-order valence-electron chi connectivity index (χ1n) is 5.32. The van der Waals surface area contributed by atoms with Gasteiger partial charge >= 0.3 is 0 Å². The van der Waals surface area contributed by atoms with E-state index in [9.17, 15) is 13.5 Å². The van der Waals surface area contributed by atoms with Crippen molar-refractivity contribution in [3.63, 3.8) is 0 Å². The molecule has 0 fully saturated rings. The van der Waals surface area contributed by atoms with Crippen LogP contribution in [0.5, 0.6) is 5.75 Å². The van der Waals surface area contributed by atoms with Crippen molar-refractivity contribution in [1.29, 1.82) is 0 Å². The Labute approximate surface area is 101 Å². The van der Waals surface area contributed by atoms with Gasteiger partial charge < -0.3 is 10.0 Å². The molecule has 0 unspecified atom stereocenters. The highest BCUT2D eigenvalue weighted by molar-refractivity contribution is 7.90. The number of phenolic OH excluding ortho intramolecular Hbond substituents is 1. The van der Waals surface area contributed by atoms with Gasteiger partial charge in [-0.2, -0.15) is 0 Å². The number of likely N-dealkylation sites (N-methyl/N-ethyl adjacent to an activating group) is 1. The molecule has 0 spiro atoms. The number of sulfone groups is 1. The highest BCUT2D eigenvalue weighted by atomic mass is 32.2. The van der Waals surface area contributed by atoms with Crippen LogP contribution in [-0.4, -0.2) is 38.3 Å². The maximum Gasteiger partial charge on any atom is 0.175 e. The molecule has 92 valence electrons. The highest BCUT2D eigenvalue weighted by Crippen LogP contribution is 2.29. The number of benzene rings is 1. The summed E-state index contributed by atoms with van der Waals surface area (Å²) >= 11 is 0. The summed E-state index contributed by atoms with van der Waals surface area (Å²) in [6.45, 7) is 0.802. The van der Waals surface area contributed by atoms with E-state index in [0.717, 1.165) is 24.8 Å². The van der Waals surface area contributed by atoms with E-state index in [1.54, 1.807) is 6.07 Å². The van der Waals surface area contributed by atoms with Gasteiger partial charge in [0.05, 0.1) is 4.90 Å². The summed E-state index contributed by atoms with van der Waals surface area (Å²) in [4.78, 5) is 2.17. The molecule has 0 bridgehead atoms. The number of rotatable bonds is 1. The first-order valence-corrected chi connectivity index (χ1v) is 7.21. The minimum Gasteiger partial charge on any atom is -0.507 e. The molecular formula is C12H15NO3S. The molecule has 1 aliphatic heterocycles. The van der Waals surface area contributed by atoms with Crippen LogP contribution in [0.15, 0.2) is 23.2 Å². The zero-order valence-corrected chi connectivity index (χ0v) is 10.7. The van der Waals surface area contributed by atoms with E-state index >= 15 is 0 Å². The molecule has 0 aliphatic carbocycles. The third kappa shape index (κ3) is 2.44. The molecule has 0 amide bonds. The van der Waals surface area contributed by atoms with Crippen LogP contribution in [0.4, 0.5) is 0 Å². The van der Waals surface area contributed by atoms with E-state index in [1.165, 1.54) is 6.07 Å². The van der Waals surface area contributed by atoms with Crippen molar-refractivity contribution >= 4 is 15.9 Å². The van der Waals surface area contributed by atoms with E-state index in [4.69, 9.17) is 0 Å². The Morgan fingerprint density at radius 3 is 2.71 bits per heavy atom. The summed E-state index contributed by atoms with van der Waals surface area (Å²) in [6.07, 6.45) is 5.55. The van der Waals surface area contributed by atoms with Crippen molar-refractivity contribution in [3.8, 4) is 5.75 Å². The molecule has 1 heterocycles. The zero-order valence-electron chi connectivity index (χ0n) is 9.84. The van der Waals surface area contributed by atoms with E-state index in [2.05, 4.69) is 0 Å². The van der Waals surface area contributed by atoms with Gasteiger partial charge in [0.1, 0.15) is 5.75 Å². The van der Waals surface area contributed by atoms with Crippen LogP contribution in [0.1, 0.15) is 11.1 Å². The van der Waals surface area contributed by atoms with Gasteiger partial charge in [0, 0.05) is 25.4 Å². The van der Waals surface area contributed by atoms with Crippen LogP contribution in [0, 0.1) is 0 Å². The molecule has 17 heavy (non-hydrogen) atoms. The fourth-order valence-electron chi connectivity index (χ4n) is 1.85. The molecule has 0 radical (unpaired) electrons. The van der Waals surface area contributed by atoms with Gasteiger partial charge in [0.2, 0.25) is 0 Å². The first-order chi connectivity index (χ1) is 7.88. The molecule has 1 aliphatic rings. The lowest BCUT2D eigenvalue weighted by molar-refractivity contribution is 0.463. The van der Waals surface area contributed by atoms with Crippen LogP contribution in [-0.2, 0) is 16.3 Å². The number of aromatic hydroxyl groups is 1. The normalized spacial score (nSPS) is 15.5. The fourth-order valence-corrected chi connectivity index (χ4v) is 2.54. The predicted octanol–water partition coefficient (Wildman–Crippen LogP) is 1.25. The summed E-state index contributed by atoms with van der Waals surface area (Å²) in [6, 6.07) is 2.96. The molecule has 0 aromatic heterocycles. The number of hydrogen-bond donors (Lipinski definition) is 1. The third-order valence-corrected chi connectivity index (χ3v) is 3.97. The lowest BCUT2D eigenvalue weighted by atomic mass is 10.0. The van der Waals surface area contributed by atoms with E-state index in [1.807, 2.05) is 24.2 Å². The molecule has 1 aromatic carbocycles. The minimum atomic E-state index is -3.28. The molecule has 4 nitrogen and oxygen atoms in total. The SMILES string of the molecule is CN1C=Cc2c(O)cc(S(C)(=O)=O)cc2CC1. The van der Waals surface area contributed by atoms with Crippen molar-refractivity contribution in [2.75, 3.05) is 19.8 Å². The van der Waals surface area contributed by atoms with Crippen molar-refractivity contribution in [2.24, 2.45) is 0 Å². The van der Waals surface area contributed by atoms with E-state index in [-0.39, 0.29) is 10.6 Å². The number of hydrogen-bond acceptors (Lipinski definition) is 4. The Morgan fingerprint density at radius 1 is 1.35 bits per heavy atom. The fraction of sp³-hybridized carbons (Fsp3) is 0.333. The maximum atomic E-state index is 11.5. The maximum absolute atomic E-state index is 11.5. The summed E-state index contributed by atoms with van der Waals surface area (Å²) in [7, 11) is -1.34. The van der Waals surface area contributed by atoms with Gasteiger partial charge in [-0.05, 0) is 36.4 Å². The Hall–Kier alpha value is -1.49. The average Bonchev–Trinajstić information content (AvgIpc) is 2.40. The second-order valence-corrected chi connectivity index (χ2v) is 6.35. The predicted molar refractivity (Wildman–Crippen MR) is 66.6 cm³/mol. The smallest absolute Gasteiger partial charge is 0.175 e. The number of nitrogens with zero attached hydrogens (tertiary/aromatic N) is 1. The van der Waals surface area contributed by atoms with Crippen molar-refractivity contribution in [3.05, 3.63) is 29.5 Å². The summed E-state index contributed by atoms with van der Waals surface area (Å²) in [5.41, 5.74) is 1.58. The molecule has 0 saturated heterocycles. The average molecular weight is 253 g/mol. The summed E-state index contributed by atoms with van der Waals surface area (Å²) in [5.74, 6) is 0.0227. The van der Waals surface area contributed by atoms with E-state index < -0.39 is 9.84 Å². The van der Waals surface area contributed by atoms with Crippen LogP contribution in [0.2, 0.25) is 0 Å². The van der Waals surface area contributed by atoms with Crippen LogP contribution < -0.4 is 0 Å². The molecule has 0 atom stereocenters. The molecule has 1 N–H and O–H groups in total. The lowest BCUT2D eigenvalue weighted by Crippen LogP contribution is -2.12. The number of phenols is 1. The third-order valence-electron chi connectivity index (χ3n) is 2.88. The Bertz CT molecular complexity index is 576. The second-order valence-electron chi connectivity index (χ2n) is 4.33. The van der Waals surface area contributed by atoms with Gasteiger partial charge in [-0.3, -0.25) is 0 Å². The van der Waals surface area contributed by atoms with Crippen molar-refractivity contribution in [2.45, 2.75) is 11.3 Å². The standard InChI is InChI=1S/C12H15NO3S/c1-13-5-3-9-7-10(17(2,15)16)8-12(14)11(9)4-6-13/h4,6-8,14H,3,5H2,1-2H3. The molecule has 2 rings (SSSR count). The second kappa shape index (κ2) is 4.07. The quantitative estimate of drug-likeness (QED) is 0.818. The largest absolute Gasteiger partial charge is 0.507 e. The minimum absolute atomic E-state index is 0.0227. The van der Waals surface area contributed by atoms with Gasteiger partial charge in [0.15, 0.2) is 9.84 Å². The Morgan fingerprint density at radius 2 is 2.06 bits per heavy atom. The molecule has 0 saturated carbocycles. The van der Waals surface area contributed by atoms with Gasteiger partial charge in [-0.25, -0.2) is 8.42 Å². The summed E-state index contributed by atoms with van der Waals surface area (Å²) in [5, 5.41) is 9.88. The van der Waals surface area contributed by atoms with Crippen molar-refractivity contribution in [1.82, 2.24) is 4.90 Å². The Kier molecular flexibility index (Phi) is 2.87. The molecular weight excluding hydrogens is 238 g/mol. The van der Waals surface area contributed by atoms with Crippen LogP contribution in [0.3, 0.4) is 0 Å². The number of fused-ring (bicyclic) bond motifs is 1. The topological polar surface area (TPSA) is 57.6 Å². The van der Waals surface area contributed by atoms with Crippen LogP contribution in [0.25, 0.3) is 6.08 Å². The van der Waals surface area contributed by atoms with E-state index in [0.29, 0.717) is 5.56 Å². The van der Waals surface area contributed by atoms with Gasteiger partial charge in [-0.1, -0.05) is 0 Å². The van der Waals surface area contributed by atoms with Gasteiger partial charge in [0.25, 0.3) is 0 Å². The van der Waals surface area contributed by atoms with Crippen LogP contribution >= 0.6 is 0 Å².